The fraction of sp³-hybridized carbons (Fsp3) is 0.240. The zero-order chi connectivity index (χ0) is 21.3. The van der Waals surface area contributed by atoms with E-state index in [9.17, 15) is 4.79 Å². The molecule has 0 spiro atoms. The third-order valence-electron chi connectivity index (χ3n) is 5.90. The van der Waals surface area contributed by atoms with Crippen LogP contribution in [0.3, 0.4) is 0 Å². The summed E-state index contributed by atoms with van der Waals surface area (Å²) in [4.78, 5) is 25.8. The number of allylic oxidation sites excluding steroid dienone is 2. The molecule has 0 amide bonds. The van der Waals surface area contributed by atoms with Gasteiger partial charge in [-0.15, -0.1) is 0 Å². The van der Waals surface area contributed by atoms with E-state index in [-0.39, 0.29) is 5.56 Å². The summed E-state index contributed by atoms with van der Waals surface area (Å²) in [7, 11) is 0. The maximum atomic E-state index is 11.6. The van der Waals surface area contributed by atoms with Crippen LogP contribution < -0.4 is 5.56 Å². The molecule has 1 aliphatic heterocycles. The number of benzene rings is 1. The Morgan fingerprint density at radius 2 is 1.97 bits per heavy atom. The van der Waals surface area contributed by atoms with Gasteiger partial charge in [0.15, 0.2) is 0 Å². The Labute approximate surface area is 176 Å². The van der Waals surface area contributed by atoms with E-state index >= 15 is 0 Å². The molecule has 5 heteroatoms. The molecule has 0 fully saturated rings. The van der Waals surface area contributed by atoms with Gasteiger partial charge in [-0.05, 0) is 54.7 Å². The van der Waals surface area contributed by atoms with Crippen LogP contribution in [0.5, 0.6) is 0 Å². The van der Waals surface area contributed by atoms with Crippen molar-refractivity contribution in [1.82, 2.24) is 19.9 Å². The van der Waals surface area contributed by atoms with Gasteiger partial charge in [0.1, 0.15) is 5.82 Å². The molecule has 3 heterocycles. The number of hydrogen-bond acceptors (Lipinski definition) is 4. The van der Waals surface area contributed by atoms with Gasteiger partial charge in [0.2, 0.25) is 0 Å². The molecule has 2 aromatic heterocycles. The van der Waals surface area contributed by atoms with E-state index in [4.69, 9.17) is 4.98 Å². The molecule has 0 unspecified atom stereocenters. The molecule has 1 N–H and O–H groups in total. The molecule has 0 atom stereocenters. The normalized spacial score (nSPS) is 14.2. The van der Waals surface area contributed by atoms with Crippen molar-refractivity contribution in [2.45, 2.75) is 33.7 Å². The summed E-state index contributed by atoms with van der Waals surface area (Å²) >= 11 is 0. The molecule has 0 saturated carbocycles. The lowest BCUT2D eigenvalue weighted by Gasteiger charge is -2.32. The third kappa shape index (κ3) is 3.83. The summed E-state index contributed by atoms with van der Waals surface area (Å²) in [5.74, 6) is 0.585. The van der Waals surface area contributed by atoms with Gasteiger partial charge in [0.05, 0.1) is 0 Å². The highest BCUT2D eigenvalue weighted by Gasteiger charge is 2.21. The van der Waals surface area contributed by atoms with Gasteiger partial charge < -0.3 is 9.88 Å². The van der Waals surface area contributed by atoms with Crippen molar-refractivity contribution < 1.29 is 0 Å². The SMILES string of the molecule is C=C(/C(C)=C(/C)c1nccc(=O)[nH]1)N1CCc2ncc(-c3ccccc3C)cc2C1. The second-order valence-corrected chi connectivity index (χ2v) is 7.80. The van der Waals surface area contributed by atoms with E-state index in [1.54, 1.807) is 0 Å². The minimum atomic E-state index is -0.153. The lowest BCUT2D eigenvalue weighted by Crippen LogP contribution is -2.30. The summed E-state index contributed by atoms with van der Waals surface area (Å²) < 4.78 is 0. The number of aromatic amines is 1. The number of nitrogens with zero attached hydrogens (tertiary/aromatic N) is 3. The first-order valence-electron chi connectivity index (χ1n) is 10.1. The fourth-order valence-corrected chi connectivity index (χ4v) is 3.89. The second kappa shape index (κ2) is 8.11. The van der Waals surface area contributed by atoms with Crippen molar-refractivity contribution in [3.63, 3.8) is 0 Å². The Kier molecular flexibility index (Phi) is 5.36. The van der Waals surface area contributed by atoms with Crippen LogP contribution >= 0.6 is 0 Å². The summed E-state index contributed by atoms with van der Waals surface area (Å²) in [6.07, 6.45) is 4.40. The lowest BCUT2D eigenvalue weighted by atomic mass is 9.97. The van der Waals surface area contributed by atoms with Crippen LogP contribution in [-0.2, 0) is 13.0 Å². The minimum Gasteiger partial charge on any atom is -0.367 e. The van der Waals surface area contributed by atoms with Gasteiger partial charge in [-0.2, -0.15) is 0 Å². The predicted octanol–water partition coefficient (Wildman–Crippen LogP) is 4.51. The van der Waals surface area contributed by atoms with Crippen molar-refractivity contribution in [3.8, 4) is 11.1 Å². The highest BCUT2D eigenvalue weighted by atomic mass is 16.1. The molecule has 1 aliphatic rings. The monoisotopic (exact) mass is 398 g/mol. The molecule has 1 aromatic carbocycles. The maximum absolute atomic E-state index is 11.6. The van der Waals surface area contributed by atoms with Crippen molar-refractivity contribution in [2.24, 2.45) is 0 Å². The van der Waals surface area contributed by atoms with Gasteiger partial charge in [-0.25, -0.2) is 4.98 Å². The Bertz CT molecular complexity index is 1210. The Morgan fingerprint density at radius 3 is 2.73 bits per heavy atom. The number of nitrogens with one attached hydrogen (secondary N) is 1. The Morgan fingerprint density at radius 1 is 1.17 bits per heavy atom. The molecule has 0 radical (unpaired) electrons. The molecular weight excluding hydrogens is 372 g/mol. The van der Waals surface area contributed by atoms with Crippen LogP contribution in [0, 0.1) is 6.92 Å². The number of pyridine rings is 1. The third-order valence-corrected chi connectivity index (χ3v) is 5.90. The van der Waals surface area contributed by atoms with Crippen LogP contribution in [0.1, 0.15) is 36.5 Å². The predicted molar refractivity (Wildman–Crippen MR) is 121 cm³/mol. The largest absolute Gasteiger partial charge is 0.367 e. The summed E-state index contributed by atoms with van der Waals surface area (Å²) in [6.45, 7) is 12.1. The molecule has 3 aromatic rings. The van der Waals surface area contributed by atoms with Crippen LogP contribution in [0.15, 0.2) is 71.4 Å². The van der Waals surface area contributed by atoms with E-state index in [1.807, 2.05) is 20.0 Å². The zero-order valence-corrected chi connectivity index (χ0v) is 17.7. The highest BCUT2D eigenvalue weighted by Crippen LogP contribution is 2.30. The van der Waals surface area contributed by atoms with E-state index in [2.05, 4.69) is 58.7 Å². The zero-order valence-electron chi connectivity index (χ0n) is 17.7. The first kappa shape index (κ1) is 19.8. The average molecular weight is 399 g/mol. The Balaban J connectivity index is 1.61. The number of hydrogen-bond donors (Lipinski definition) is 1. The van der Waals surface area contributed by atoms with E-state index in [0.29, 0.717) is 5.82 Å². The van der Waals surface area contributed by atoms with Crippen molar-refractivity contribution in [3.05, 3.63) is 99.6 Å². The molecular formula is C25H26N4O. The fourth-order valence-electron chi connectivity index (χ4n) is 3.89. The van der Waals surface area contributed by atoms with Crippen LogP contribution in [0.25, 0.3) is 16.7 Å². The van der Waals surface area contributed by atoms with E-state index in [0.717, 1.165) is 47.6 Å². The molecule has 5 nitrogen and oxygen atoms in total. The standard InChI is InChI=1S/C25H26N4O/c1-16-7-5-6-8-22(16)20-13-21-15-29(12-10-23(21)27-14-20)19(4)17(2)18(3)25-26-11-9-24(30)28-25/h5-9,11,13-14H,4,10,12,15H2,1-3H3,(H,26,28,30)/b18-17-. The molecule has 0 aliphatic carbocycles. The number of fused-ring (bicyclic) bond motifs is 1. The Hall–Kier alpha value is -3.47. The number of aryl methyl sites for hydroxylation is 1. The van der Waals surface area contributed by atoms with E-state index < -0.39 is 0 Å². The summed E-state index contributed by atoms with van der Waals surface area (Å²) in [5, 5.41) is 0. The average Bonchev–Trinajstić information content (AvgIpc) is 2.77. The van der Waals surface area contributed by atoms with E-state index in [1.165, 1.54) is 29.0 Å². The first-order valence-corrected chi connectivity index (χ1v) is 10.1. The molecule has 0 saturated heterocycles. The van der Waals surface area contributed by atoms with Crippen molar-refractivity contribution in [2.75, 3.05) is 6.54 Å². The molecule has 30 heavy (non-hydrogen) atoms. The van der Waals surface area contributed by atoms with Crippen LogP contribution in [0.2, 0.25) is 0 Å². The van der Waals surface area contributed by atoms with Gasteiger partial charge in [0.25, 0.3) is 5.56 Å². The van der Waals surface area contributed by atoms with Gasteiger partial charge in [-0.1, -0.05) is 30.8 Å². The summed E-state index contributed by atoms with van der Waals surface area (Å²) in [5.41, 5.74) is 8.75. The van der Waals surface area contributed by atoms with Crippen LogP contribution in [0.4, 0.5) is 0 Å². The lowest BCUT2D eigenvalue weighted by molar-refractivity contribution is 0.326. The quantitative estimate of drug-likeness (QED) is 0.657. The maximum Gasteiger partial charge on any atom is 0.251 e. The van der Waals surface area contributed by atoms with Crippen LogP contribution in [-0.4, -0.2) is 26.4 Å². The first-order chi connectivity index (χ1) is 14.4. The molecule has 4 rings (SSSR count). The number of rotatable bonds is 4. The van der Waals surface area contributed by atoms with Crippen molar-refractivity contribution in [1.29, 1.82) is 0 Å². The van der Waals surface area contributed by atoms with Gasteiger partial charge in [-0.3, -0.25) is 9.78 Å². The highest BCUT2D eigenvalue weighted by molar-refractivity contribution is 5.67. The topological polar surface area (TPSA) is 61.9 Å². The minimum absolute atomic E-state index is 0.153. The van der Waals surface area contributed by atoms with Crippen molar-refractivity contribution >= 4 is 5.57 Å². The van der Waals surface area contributed by atoms with Gasteiger partial charge >= 0.3 is 0 Å². The molecule has 152 valence electrons. The number of aromatic nitrogens is 3. The second-order valence-electron chi connectivity index (χ2n) is 7.80. The molecule has 0 bridgehead atoms. The van der Waals surface area contributed by atoms with Gasteiger partial charge in [0, 0.05) is 54.9 Å². The smallest absolute Gasteiger partial charge is 0.251 e. The number of H-pyrrole nitrogens is 1. The summed E-state index contributed by atoms with van der Waals surface area (Å²) in [6, 6.07) is 12.1.